The summed E-state index contributed by atoms with van der Waals surface area (Å²) in [5.74, 6) is -0.537. The number of rotatable bonds is 6. The van der Waals surface area contributed by atoms with Crippen LogP contribution in [0.4, 0.5) is 5.00 Å². The zero-order chi connectivity index (χ0) is 17.3. The molecule has 6 nitrogen and oxygen atoms in total. The Balaban J connectivity index is 1.76. The fourth-order valence-corrected chi connectivity index (χ4v) is 4.07. The number of thiophene rings is 1. The van der Waals surface area contributed by atoms with Gasteiger partial charge in [-0.3, -0.25) is 9.59 Å². The fraction of sp³-hybridized carbons (Fsp3) is 0.588. The average molecular weight is 350 g/mol. The Labute approximate surface area is 145 Å². The standard InChI is InChI=1S/C17H22N2O4S/c1-3-19-8-11(7-13(19)20)15(21)18-16-14(17(22)23-4-2)12(9-24-16)10-5-6-10/h9-11H,3-8H2,1-2H3,(H,18,21). The average Bonchev–Trinajstić information content (AvgIpc) is 3.20. The van der Waals surface area contributed by atoms with E-state index >= 15 is 0 Å². The molecular formula is C17H22N2O4S. The van der Waals surface area contributed by atoms with Gasteiger partial charge in [-0.25, -0.2) is 4.79 Å². The van der Waals surface area contributed by atoms with Gasteiger partial charge < -0.3 is 15.0 Å². The summed E-state index contributed by atoms with van der Waals surface area (Å²) < 4.78 is 5.16. The Morgan fingerprint density at radius 3 is 2.71 bits per heavy atom. The minimum atomic E-state index is -0.381. The van der Waals surface area contributed by atoms with Gasteiger partial charge in [0.05, 0.1) is 18.1 Å². The maximum Gasteiger partial charge on any atom is 0.341 e. The van der Waals surface area contributed by atoms with Crippen molar-refractivity contribution in [2.24, 2.45) is 5.92 Å². The first-order valence-electron chi connectivity index (χ1n) is 8.42. The highest BCUT2D eigenvalue weighted by molar-refractivity contribution is 7.15. The first-order valence-corrected chi connectivity index (χ1v) is 9.30. The lowest BCUT2D eigenvalue weighted by atomic mass is 10.1. The molecule has 0 aromatic carbocycles. The number of anilines is 1. The van der Waals surface area contributed by atoms with E-state index in [4.69, 9.17) is 4.74 Å². The van der Waals surface area contributed by atoms with Gasteiger partial charge in [-0.05, 0) is 43.6 Å². The van der Waals surface area contributed by atoms with E-state index in [1.165, 1.54) is 11.3 Å². The molecule has 1 N–H and O–H groups in total. The maximum absolute atomic E-state index is 12.5. The first-order chi connectivity index (χ1) is 11.5. The topological polar surface area (TPSA) is 75.7 Å². The zero-order valence-electron chi connectivity index (χ0n) is 14.0. The molecule has 24 heavy (non-hydrogen) atoms. The van der Waals surface area contributed by atoms with Crippen molar-refractivity contribution in [2.75, 3.05) is 25.0 Å². The number of amides is 2. The first kappa shape index (κ1) is 17.0. The maximum atomic E-state index is 12.5. The van der Waals surface area contributed by atoms with Crippen LogP contribution in [0.15, 0.2) is 5.38 Å². The minimum absolute atomic E-state index is 0.00751. The van der Waals surface area contributed by atoms with Crippen molar-refractivity contribution < 1.29 is 19.1 Å². The molecule has 130 valence electrons. The van der Waals surface area contributed by atoms with E-state index in [1.807, 2.05) is 12.3 Å². The molecule has 3 rings (SSSR count). The van der Waals surface area contributed by atoms with E-state index in [9.17, 15) is 14.4 Å². The van der Waals surface area contributed by atoms with Crippen molar-refractivity contribution in [3.05, 3.63) is 16.5 Å². The number of ether oxygens (including phenoxy) is 1. The second-order valence-electron chi connectivity index (χ2n) is 6.21. The molecule has 7 heteroatoms. The third-order valence-electron chi connectivity index (χ3n) is 4.52. The van der Waals surface area contributed by atoms with Crippen LogP contribution in [0.1, 0.15) is 54.9 Å². The summed E-state index contributed by atoms with van der Waals surface area (Å²) >= 11 is 1.36. The van der Waals surface area contributed by atoms with E-state index in [-0.39, 0.29) is 30.1 Å². The van der Waals surface area contributed by atoms with Crippen LogP contribution in [0.25, 0.3) is 0 Å². The predicted molar refractivity (Wildman–Crippen MR) is 91.2 cm³/mol. The van der Waals surface area contributed by atoms with Crippen LogP contribution in [-0.4, -0.2) is 42.4 Å². The lowest BCUT2D eigenvalue weighted by molar-refractivity contribution is -0.128. The van der Waals surface area contributed by atoms with Crippen molar-refractivity contribution in [3.8, 4) is 0 Å². The van der Waals surface area contributed by atoms with Crippen molar-refractivity contribution in [1.82, 2.24) is 4.90 Å². The second kappa shape index (κ2) is 6.93. The van der Waals surface area contributed by atoms with Crippen LogP contribution in [0.2, 0.25) is 0 Å². The van der Waals surface area contributed by atoms with Crippen molar-refractivity contribution in [1.29, 1.82) is 0 Å². The van der Waals surface area contributed by atoms with Crippen LogP contribution < -0.4 is 5.32 Å². The van der Waals surface area contributed by atoms with E-state index in [0.717, 1.165) is 18.4 Å². The third kappa shape index (κ3) is 3.31. The number of hydrogen-bond acceptors (Lipinski definition) is 5. The molecule has 2 heterocycles. The van der Waals surface area contributed by atoms with E-state index in [1.54, 1.807) is 11.8 Å². The van der Waals surface area contributed by atoms with Crippen LogP contribution >= 0.6 is 11.3 Å². The molecule has 0 radical (unpaired) electrons. The molecule has 1 atom stereocenters. The Morgan fingerprint density at radius 1 is 1.38 bits per heavy atom. The summed E-state index contributed by atoms with van der Waals surface area (Å²) in [5.41, 5.74) is 1.47. The number of carbonyl (C=O) groups excluding carboxylic acids is 3. The largest absolute Gasteiger partial charge is 0.462 e. The molecular weight excluding hydrogens is 328 g/mol. The van der Waals surface area contributed by atoms with Gasteiger partial charge in [-0.2, -0.15) is 0 Å². The predicted octanol–water partition coefficient (Wildman–Crippen LogP) is 2.61. The van der Waals surface area contributed by atoms with Gasteiger partial charge in [0.25, 0.3) is 0 Å². The van der Waals surface area contributed by atoms with Gasteiger partial charge in [0, 0.05) is 19.5 Å². The minimum Gasteiger partial charge on any atom is -0.462 e. The quantitative estimate of drug-likeness (QED) is 0.800. The molecule has 2 amide bonds. The van der Waals surface area contributed by atoms with Crippen LogP contribution in [0, 0.1) is 5.92 Å². The number of likely N-dealkylation sites (tertiary alicyclic amines) is 1. The van der Waals surface area contributed by atoms with E-state index in [0.29, 0.717) is 36.2 Å². The number of nitrogens with zero attached hydrogens (tertiary/aromatic N) is 1. The summed E-state index contributed by atoms with van der Waals surface area (Å²) in [7, 11) is 0. The third-order valence-corrected chi connectivity index (χ3v) is 5.43. The van der Waals surface area contributed by atoms with Gasteiger partial charge in [-0.15, -0.1) is 11.3 Å². The van der Waals surface area contributed by atoms with Crippen LogP contribution in [-0.2, 0) is 14.3 Å². The highest BCUT2D eigenvalue weighted by Crippen LogP contribution is 2.46. The van der Waals surface area contributed by atoms with Crippen LogP contribution in [0.3, 0.4) is 0 Å². The normalized spacial score (nSPS) is 20.3. The number of esters is 1. The molecule has 0 bridgehead atoms. The van der Waals surface area contributed by atoms with Gasteiger partial charge >= 0.3 is 5.97 Å². The highest BCUT2D eigenvalue weighted by atomic mass is 32.1. The Bertz CT molecular complexity index is 666. The molecule has 1 saturated heterocycles. The fourth-order valence-electron chi connectivity index (χ4n) is 3.04. The summed E-state index contributed by atoms with van der Waals surface area (Å²) in [6, 6.07) is 0. The number of hydrogen-bond donors (Lipinski definition) is 1. The van der Waals surface area contributed by atoms with Crippen molar-refractivity contribution in [3.63, 3.8) is 0 Å². The number of carbonyl (C=O) groups is 3. The lowest BCUT2D eigenvalue weighted by Gasteiger charge is -2.14. The zero-order valence-corrected chi connectivity index (χ0v) is 14.8. The smallest absolute Gasteiger partial charge is 0.341 e. The summed E-state index contributed by atoms with van der Waals surface area (Å²) in [4.78, 5) is 38.3. The lowest BCUT2D eigenvalue weighted by Crippen LogP contribution is -2.28. The molecule has 1 unspecified atom stereocenters. The van der Waals surface area contributed by atoms with Gasteiger partial charge in [0.2, 0.25) is 11.8 Å². The molecule has 1 saturated carbocycles. The Hall–Kier alpha value is -1.89. The molecule has 1 aliphatic heterocycles. The van der Waals surface area contributed by atoms with Gasteiger partial charge in [-0.1, -0.05) is 0 Å². The summed E-state index contributed by atoms with van der Waals surface area (Å²) in [6.45, 7) is 5.02. The molecule has 2 fully saturated rings. The second-order valence-corrected chi connectivity index (χ2v) is 7.09. The van der Waals surface area contributed by atoms with E-state index in [2.05, 4.69) is 5.32 Å². The summed E-state index contributed by atoms with van der Waals surface area (Å²) in [5, 5.41) is 5.35. The van der Waals surface area contributed by atoms with Gasteiger partial charge in [0.15, 0.2) is 0 Å². The van der Waals surface area contributed by atoms with E-state index < -0.39 is 0 Å². The highest BCUT2D eigenvalue weighted by Gasteiger charge is 2.36. The Morgan fingerprint density at radius 2 is 2.12 bits per heavy atom. The molecule has 1 aromatic heterocycles. The summed E-state index contributed by atoms with van der Waals surface area (Å²) in [6.07, 6.45) is 2.37. The monoisotopic (exact) mass is 350 g/mol. The molecule has 1 aromatic rings. The van der Waals surface area contributed by atoms with Crippen LogP contribution in [0.5, 0.6) is 0 Å². The molecule has 0 spiro atoms. The van der Waals surface area contributed by atoms with Crippen molar-refractivity contribution >= 4 is 34.1 Å². The molecule has 1 aliphatic carbocycles. The molecule has 2 aliphatic rings. The Kier molecular flexibility index (Phi) is 4.89. The van der Waals surface area contributed by atoms with Gasteiger partial charge in [0.1, 0.15) is 5.00 Å². The van der Waals surface area contributed by atoms with Crippen molar-refractivity contribution in [2.45, 2.75) is 39.0 Å². The SMILES string of the molecule is CCOC(=O)c1c(C2CC2)csc1NC(=O)C1CC(=O)N(CC)C1. The number of nitrogens with one attached hydrogen (secondary N) is 1.